The minimum absolute atomic E-state index is 0.100. The van der Waals surface area contributed by atoms with Crippen molar-refractivity contribution >= 4 is 23.4 Å². The molecule has 5 heteroatoms. The highest BCUT2D eigenvalue weighted by molar-refractivity contribution is 6.30. The fraction of sp³-hybridized carbons (Fsp3) is 0.417. The zero-order chi connectivity index (χ0) is 20.8. The summed E-state index contributed by atoms with van der Waals surface area (Å²) in [6, 6.07) is 11.6. The Kier molecular flexibility index (Phi) is 5.26. The summed E-state index contributed by atoms with van der Waals surface area (Å²) in [6.45, 7) is 3.92. The predicted octanol–water partition coefficient (Wildman–Crippen LogP) is 5.16. The molecule has 1 heterocycles. The van der Waals surface area contributed by atoms with Crippen LogP contribution in [0, 0.1) is 13.8 Å². The number of rotatable bonds is 3. The highest BCUT2D eigenvalue weighted by Gasteiger charge is 2.57. The summed E-state index contributed by atoms with van der Waals surface area (Å²) < 4.78 is 11.2. The van der Waals surface area contributed by atoms with Gasteiger partial charge in [0, 0.05) is 12.1 Å². The van der Waals surface area contributed by atoms with Gasteiger partial charge < -0.3 is 9.47 Å². The number of benzene rings is 2. The van der Waals surface area contributed by atoms with E-state index in [0.29, 0.717) is 17.9 Å². The van der Waals surface area contributed by atoms with Gasteiger partial charge in [0.05, 0.1) is 6.10 Å². The van der Waals surface area contributed by atoms with Crippen LogP contribution in [0.2, 0.25) is 5.02 Å². The summed E-state index contributed by atoms with van der Waals surface area (Å²) in [4.78, 5) is 26.4. The van der Waals surface area contributed by atoms with Gasteiger partial charge in [0.1, 0.15) is 5.92 Å². The van der Waals surface area contributed by atoms with Crippen LogP contribution in [0.4, 0.5) is 0 Å². The molecule has 1 saturated heterocycles. The lowest BCUT2D eigenvalue weighted by atomic mass is 9.75. The molecule has 2 aliphatic rings. The number of hydrogen-bond donors (Lipinski definition) is 0. The normalized spacial score (nSPS) is 26.8. The maximum atomic E-state index is 13.5. The van der Waals surface area contributed by atoms with Crippen molar-refractivity contribution in [2.75, 3.05) is 7.11 Å². The SMILES string of the molecule is COC1CCC2(CC1)OC(=O)C(c1c(C)ccc(-c3ccc(Cl)cc3)c1C)C2=O. The van der Waals surface area contributed by atoms with Crippen LogP contribution in [-0.2, 0) is 19.1 Å². The van der Waals surface area contributed by atoms with Gasteiger partial charge in [-0.05, 0) is 79.5 Å². The van der Waals surface area contributed by atoms with Crippen LogP contribution < -0.4 is 0 Å². The minimum atomic E-state index is -0.994. The number of carbonyl (C=O) groups is 2. The number of Topliss-reactive ketones (excluding diaryl/α,β-unsaturated/α-hetero) is 1. The molecule has 152 valence electrons. The van der Waals surface area contributed by atoms with E-state index in [-0.39, 0.29) is 11.9 Å². The van der Waals surface area contributed by atoms with Crippen LogP contribution in [0.25, 0.3) is 11.1 Å². The Bertz CT molecular complexity index is 956. The second kappa shape index (κ2) is 7.58. The standard InChI is InChI=1S/C24H25ClO4/c1-14-4-9-19(16-5-7-17(25)8-6-16)15(2)20(14)21-22(26)24(29-23(21)27)12-10-18(28-3)11-13-24/h4-9,18,21H,10-13H2,1-3H3. The van der Waals surface area contributed by atoms with E-state index in [1.807, 2.05) is 50.2 Å². The molecule has 0 radical (unpaired) electrons. The van der Waals surface area contributed by atoms with Gasteiger partial charge in [-0.15, -0.1) is 0 Å². The molecule has 1 saturated carbocycles. The molecule has 2 fully saturated rings. The fourth-order valence-corrected chi connectivity index (χ4v) is 4.94. The Balaban J connectivity index is 1.73. The van der Waals surface area contributed by atoms with Crippen LogP contribution in [0.1, 0.15) is 48.3 Å². The number of aryl methyl sites for hydroxylation is 1. The average Bonchev–Trinajstić information content (AvgIpc) is 2.94. The molecule has 1 aliphatic carbocycles. The van der Waals surface area contributed by atoms with Crippen LogP contribution in [-0.4, -0.2) is 30.6 Å². The van der Waals surface area contributed by atoms with Gasteiger partial charge in [0.2, 0.25) is 0 Å². The third-order valence-corrected chi connectivity index (χ3v) is 6.75. The molecule has 0 amide bonds. The summed E-state index contributed by atoms with van der Waals surface area (Å²) in [5.41, 5.74) is 3.64. The minimum Gasteiger partial charge on any atom is -0.450 e. The van der Waals surface area contributed by atoms with Crippen molar-refractivity contribution in [3.05, 3.63) is 58.1 Å². The first kappa shape index (κ1) is 20.1. The van der Waals surface area contributed by atoms with Gasteiger partial charge in [0.25, 0.3) is 0 Å². The number of hydrogen-bond acceptors (Lipinski definition) is 4. The van der Waals surface area contributed by atoms with Gasteiger partial charge in [0.15, 0.2) is 11.4 Å². The smallest absolute Gasteiger partial charge is 0.322 e. The first-order chi connectivity index (χ1) is 13.9. The lowest BCUT2D eigenvalue weighted by Gasteiger charge is -2.33. The van der Waals surface area contributed by atoms with Gasteiger partial charge in [-0.1, -0.05) is 35.9 Å². The zero-order valence-electron chi connectivity index (χ0n) is 17.0. The zero-order valence-corrected chi connectivity index (χ0v) is 17.7. The highest BCUT2D eigenvalue weighted by atomic mass is 35.5. The van der Waals surface area contributed by atoms with E-state index in [1.165, 1.54) is 0 Å². The summed E-state index contributed by atoms with van der Waals surface area (Å²) >= 11 is 6.03. The van der Waals surface area contributed by atoms with Crippen LogP contribution in [0.5, 0.6) is 0 Å². The number of carbonyl (C=O) groups excluding carboxylic acids is 2. The van der Waals surface area contributed by atoms with Crippen LogP contribution in [0.15, 0.2) is 36.4 Å². The molecule has 4 rings (SSSR count). The molecule has 29 heavy (non-hydrogen) atoms. The van der Waals surface area contributed by atoms with E-state index in [0.717, 1.165) is 40.7 Å². The summed E-state index contributed by atoms with van der Waals surface area (Å²) in [5, 5.41) is 0.668. The van der Waals surface area contributed by atoms with Crippen molar-refractivity contribution in [2.45, 2.75) is 57.2 Å². The van der Waals surface area contributed by atoms with E-state index in [2.05, 4.69) is 0 Å². The number of methoxy groups -OCH3 is 1. The first-order valence-corrected chi connectivity index (χ1v) is 10.4. The molecule has 0 N–H and O–H groups in total. The van der Waals surface area contributed by atoms with Gasteiger partial charge in [-0.2, -0.15) is 0 Å². The van der Waals surface area contributed by atoms with Crippen LogP contribution in [0.3, 0.4) is 0 Å². The third-order valence-electron chi connectivity index (χ3n) is 6.49. The number of ketones is 1. The van der Waals surface area contributed by atoms with E-state index in [1.54, 1.807) is 7.11 Å². The maximum Gasteiger partial charge on any atom is 0.322 e. The van der Waals surface area contributed by atoms with E-state index in [4.69, 9.17) is 21.1 Å². The van der Waals surface area contributed by atoms with Gasteiger partial charge in [-0.25, -0.2) is 0 Å². The monoisotopic (exact) mass is 412 g/mol. The van der Waals surface area contributed by atoms with Crippen molar-refractivity contribution in [3.63, 3.8) is 0 Å². The molecule has 4 nitrogen and oxygen atoms in total. The maximum absolute atomic E-state index is 13.5. The largest absolute Gasteiger partial charge is 0.450 e. The van der Waals surface area contributed by atoms with E-state index in [9.17, 15) is 9.59 Å². The molecular weight excluding hydrogens is 388 g/mol. The Morgan fingerprint density at radius 2 is 1.69 bits per heavy atom. The first-order valence-electron chi connectivity index (χ1n) is 10.0. The Labute approximate surface area is 176 Å². The van der Waals surface area contributed by atoms with E-state index >= 15 is 0 Å². The fourth-order valence-electron chi connectivity index (χ4n) is 4.81. The summed E-state index contributed by atoms with van der Waals surface area (Å²) in [6.07, 6.45) is 2.64. The molecule has 0 aromatic heterocycles. The van der Waals surface area contributed by atoms with Crippen molar-refractivity contribution in [2.24, 2.45) is 0 Å². The second-order valence-corrected chi connectivity index (χ2v) is 8.56. The van der Waals surface area contributed by atoms with Crippen molar-refractivity contribution in [3.8, 4) is 11.1 Å². The third kappa shape index (κ3) is 3.38. The molecule has 2 aromatic carbocycles. The Morgan fingerprint density at radius 3 is 2.31 bits per heavy atom. The number of ether oxygens (including phenoxy) is 2. The lowest BCUT2D eigenvalue weighted by Crippen LogP contribution is -2.42. The molecule has 0 bridgehead atoms. The quantitative estimate of drug-likeness (QED) is 0.516. The topological polar surface area (TPSA) is 52.6 Å². The number of halogens is 1. The van der Waals surface area contributed by atoms with Gasteiger partial charge >= 0.3 is 5.97 Å². The second-order valence-electron chi connectivity index (χ2n) is 8.12. The molecule has 2 aromatic rings. The molecule has 1 aliphatic heterocycles. The van der Waals surface area contributed by atoms with E-state index < -0.39 is 17.5 Å². The highest BCUT2D eigenvalue weighted by Crippen LogP contribution is 2.46. The molecular formula is C24H25ClO4. The van der Waals surface area contributed by atoms with Crippen molar-refractivity contribution in [1.82, 2.24) is 0 Å². The Hall–Kier alpha value is -2.17. The van der Waals surface area contributed by atoms with Crippen molar-refractivity contribution < 1.29 is 19.1 Å². The average molecular weight is 413 g/mol. The molecule has 1 unspecified atom stereocenters. The van der Waals surface area contributed by atoms with Crippen molar-refractivity contribution in [1.29, 1.82) is 0 Å². The van der Waals surface area contributed by atoms with Gasteiger partial charge in [-0.3, -0.25) is 9.59 Å². The summed E-state index contributed by atoms with van der Waals surface area (Å²) in [7, 11) is 1.68. The van der Waals surface area contributed by atoms with Crippen LogP contribution >= 0.6 is 11.6 Å². The summed E-state index contributed by atoms with van der Waals surface area (Å²) in [5.74, 6) is -1.39. The molecule has 1 atom stereocenters. The molecule has 1 spiro atoms. The lowest BCUT2D eigenvalue weighted by molar-refractivity contribution is -0.157. The number of esters is 1. The Morgan fingerprint density at radius 1 is 1.03 bits per heavy atom. The predicted molar refractivity (Wildman–Crippen MR) is 112 cm³/mol.